The summed E-state index contributed by atoms with van der Waals surface area (Å²) in [6.07, 6.45) is 7.76. The number of ether oxygens (including phenoxy) is 1. The maximum atomic E-state index is 11.7. The van der Waals surface area contributed by atoms with Crippen LogP contribution in [0.4, 0.5) is 0 Å². The van der Waals surface area contributed by atoms with Crippen molar-refractivity contribution < 1.29 is 9.53 Å². The number of rotatable bonds is 0. The summed E-state index contributed by atoms with van der Waals surface area (Å²) in [5, 5.41) is 0. The van der Waals surface area contributed by atoms with Gasteiger partial charge in [-0.1, -0.05) is 27.2 Å². The predicted molar refractivity (Wildman–Crippen MR) is 71.0 cm³/mol. The minimum atomic E-state index is -0.310. The molecule has 18 heavy (non-hydrogen) atoms. The van der Waals surface area contributed by atoms with E-state index in [1.165, 1.54) is 31.3 Å². The molecule has 0 aromatic carbocycles. The van der Waals surface area contributed by atoms with Crippen LogP contribution in [0.2, 0.25) is 0 Å². The van der Waals surface area contributed by atoms with Crippen LogP contribution < -0.4 is 0 Å². The molecule has 0 aromatic heterocycles. The minimum Gasteiger partial charge on any atom is -0.452 e. The lowest BCUT2D eigenvalue weighted by Gasteiger charge is -2.57. The zero-order valence-electron chi connectivity index (χ0n) is 12.0. The third-order valence-corrected chi connectivity index (χ3v) is 5.91. The topological polar surface area (TPSA) is 26.3 Å². The van der Waals surface area contributed by atoms with Crippen LogP contribution in [0.15, 0.2) is 11.6 Å². The highest BCUT2D eigenvalue weighted by molar-refractivity contribution is 5.87. The fourth-order valence-electron chi connectivity index (χ4n) is 5.11. The molecule has 2 aliphatic carbocycles. The molecule has 2 heteroatoms. The van der Waals surface area contributed by atoms with Crippen molar-refractivity contribution in [3.8, 4) is 0 Å². The Hall–Kier alpha value is -0.790. The summed E-state index contributed by atoms with van der Waals surface area (Å²) >= 11 is 0. The van der Waals surface area contributed by atoms with Gasteiger partial charge in [-0.05, 0) is 54.9 Å². The molecule has 1 aliphatic heterocycles. The normalized spacial score (nSPS) is 45.9. The summed E-state index contributed by atoms with van der Waals surface area (Å²) in [4.78, 5) is 11.7. The number of carbonyl (C=O) groups excluding carboxylic acids is 1. The molecule has 3 atom stereocenters. The highest BCUT2D eigenvalue weighted by atomic mass is 16.6. The Labute approximate surface area is 110 Å². The average molecular weight is 248 g/mol. The van der Waals surface area contributed by atoms with Gasteiger partial charge in [-0.3, -0.25) is 0 Å². The summed E-state index contributed by atoms with van der Waals surface area (Å²) in [6, 6.07) is 0. The lowest BCUT2D eigenvalue weighted by atomic mass is 9.48. The summed E-state index contributed by atoms with van der Waals surface area (Å²) < 4.78 is 5.60. The second kappa shape index (κ2) is 3.40. The van der Waals surface area contributed by atoms with Gasteiger partial charge < -0.3 is 4.74 Å². The molecule has 0 saturated heterocycles. The first kappa shape index (κ1) is 12.3. The highest BCUT2D eigenvalue weighted by Gasteiger charge is 2.58. The molecular weight excluding hydrogens is 224 g/mol. The molecule has 2 nitrogen and oxygen atoms in total. The Kier molecular flexibility index (Phi) is 2.31. The Morgan fingerprint density at radius 3 is 2.61 bits per heavy atom. The number of esters is 1. The monoisotopic (exact) mass is 248 g/mol. The first-order valence-corrected chi connectivity index (χ1v) is 7.24. The van der Waals surface area contributed by atoms with Crippen LogP contribution in [0.5, 0.6) is 0 Å². The van der Waals surface area contributed by atoms with Crippen molar-refractivity contribution >= 4 is 5.97 Å². The molecule has 3 rings (SSSR count). The molecule has 0 aromatic rings. The van der Waals surface area contributed by atoms with Crippen LogP contribution in [0, 0.1) is 16.7 Å². The van der Waals surface area contributed by atoms with E-state index in [4.69, 9.17) is 4.74 Å². The average Bonchev–Trinajstić information content (AvgIpc) is 2.53. The Morgan fingerprint density at radius 2 is 1.89 bits per heavy atom. The molecule has 0 N–H and O–H groups in total. The fraction of sp³-hybridized carbons (Fsp3) is 0.812. The van der Waals surface area contributed by atoms with E-state index in [0.29, 0.717) is 11.3 Å². The zero-order chi connectivity index (χ0) is 13.2. The van der Waals surface area contributed by atoms with Gasteiger partial charge in [-0.25, -0.2) is 4.79 Å². The number of hydrogen-bond donors (Lipinski definition) is 0. The maximum absolute atomic E-state index is 11.7. The summed E-state index contributed by atoms with van der Waals surface area (Å²) in [5.74, 6) is 0.560. The molecular formula is C16H24O2. The SMILES string of the molecule is CC1(C)CCC[C@]2(C)C3=CC(=O)O[C@]3(C)CC[C@@H]12. The third-order valence-electron chi connectivity index (χ3n) is 5.91. The molecule has 0 radical (unpaired) electrons. The van der Waals surface area contributed by atoms with E-state index < -0.39 is 0 Å². The van der Waals surface area contributed by atoms with E-state index >= 15 is 0 Å². The van der Waals surface area contributed by atoms with E-state index in [-0.39, 0.29) is 17.0 Å². The molecule has 2 saturated carbocycles. The standard InChI is InChI=1S/C16H24O2/c1-14(2)7-5-8-15(3)11(14)6-9-16(4)12(15)10-13(17)18-16/h10-11H,5-9H2,1-4H3/t11-,15-,16+/m0/s1. The van der Waals surface area contributed by atoms with Gasteiger partial charge in [0.05, 0.1) is 0 Å². The third kappa shape index (κ3) is 1.44. The molecule has 100 valence electrons. The van der Waals surface area contributed by atoms with Crippen molar-refractivity contribution in [3.63, 3.8) is 0 Å². The van der Waals surface area contributed by atoms with Gasteiger partial charge in [0.15, 0.2) is 0 Å². The molecule has 0 unspecified atom stereocenters. The lowest BCUT2D eigenvalue weighted by molar-refractivity contribution is -0.149. The maximum Gasteiger partial charge on any atom is 0.331 e. The van der Waals surface area contributed by atoms with Crippen LogP contribution in [-0.4, -0.2) is 11.6 Å². The van der Waals surface area contributed by atoms with Gasteiger partial charge in [0, 0.05) is 6.08 Å². The minimum absolute atomic E-state index is 0.127. The highest BCUT2D eigenvalue weighted by Crippen LogP contribution is 2.63. The van der Waals surface area contributed by atoms with Crippen molar-refractivity contribution in [2.45, 2.75) is 65.4 Å². The second-order valence-electron chi connectivity index (χ2n) is 7.56. The van der Waals surface area contributed by atoms with Gasteiger partial charge in [-0.15, -0.1) is 0 Å². The first-order valence-electron chi connectivity index (χ1n) is 7.24. The van der Waals surface area contributed by atoms with Gasteiger partial charge in [0.25, 0.3) is 0 Å². The summed E-state index contributed by atoms with van der Waals surface area (Å²) in [5.41, 5.74) is 1.53. The summed E-state index contributed by atoms with van der Waals surface area (Å²) in [6.45, 7) is 9.27. The lowest BCUT2D eigenvalue weighted by Crippen LogP contribution is -2.52. The van der Waals surface area contributed by atoms with Crippen LogP contribution in [0.25, 0.3) is 0 Å². The first-order chi connectivity index (χ1) is 8.28. The fourth-order valence-corrected chi connectivity index (χ4v) is 5.11. The van der Waals surface area contributed by atoms with Crippen molar-refractivity contribution in [3.05, 3.63) is 11.6 Å². The number of fused-ring (bicyclic) bond motifs is 3. The molecule has 0 spiro atoms. The number of carbonyl (C=O) groups is 1. The van der Waals surface area contributed by atoms with Gasteiger partial charge in [0.1, 0.15) is 5.60 Å². The predicted octanol–water partition coefficient (Wildman–Crippen LogP) is 3.85. The van der Waals surface area contributed by atoms with Crippen molar-refractivity contribution in [1.29, 1.82) is 0 Å². The quantitative estimate of drug-likeness (QED) is 0.609. The van der Waals surface area contributed by atoms with E-state index in [0.717, 1.165) is 6.42 Å². The van der Waals surface area contributed by atoms with Crippen molar-refractivity contribution in [2.75, 3.05) is 0 Å². The van der Waals surface area contributed by atoms with Gasteiger partial charge in [0.2, 0.25) is 0 Å². The molecule has 0 bridgehead atoms. The Balaban J connectivity index is 2.07. The second-order valence-corrected chi connectivity index (χ2v) is 7.56. The summed E-state index contributed by atoms with van der Waals surface area (Å²) in [7, 11) is 0. The van der Waals surface area contributed by atoms with E-state index in [1.54, 1.807) is 6.08 Å². The van der Waals surface area contributed by atoms with E-state index in [1.807, 2.05) is 0 Å². The number of hydrogen-bond acceptors (Lipinski definition) is 2. The molecule has 0 amide bonds. The van der Waals surface area contributed by atoms with Crippen molar-refractivity contribution in [2.24, 2.45) is 16.7 Å². The molecule has 2 fully saturated rings. The van der Waals surface area contributed by atoms with E-state index in [9.17, 15) is 4.79 Å². The van der Waals surface area contributed by atoms with E-state index in [2.05, 4.69) is 27.7 Å². The van der Waals surface area contributed by atoms with Crippen LogP contribution in [0.3, 0.4) is 0 Å². The largest absolute Gasteiger partial charge is 0.452 e. The van der Waals surface area contributed by atoms with Crippen LogP contribution >= 0.6 is 0 Å². The van der Waals surface area contributed by atoms with Crippen LogP contribution in [-0.2, 0) is 9.53 Å². The molecule has 1 heterocycles. The Morgan fingerprint density at radius 1 is 1.17 bits per heavy atom. The zero-order valence-corrected chi connectivity index (χ0v) is 12.0. The van der Waals surface area contributed by atoms with Crippen molar-refractivity contribution in [1.82, 2.24) is 0 Å². The smallest absolute Gasteiger partial charge is 0.331 e. The molecule has 3 aliphatic rings. The Bertz CT molecular complexity index is 434. The van der Waals surface area contributed by atoms with Gasteiger partial charge in [-0.2, -0.15) is 0 Å². The van der Waals surface area contributed by atoms with Crippen LogP contribution in [0.1, 0.15) is 59.8 Å². The van der Waals surface area contributed by atoms with Gasteiger partial charge >= 0.3 is 5.97 Å².